The molecule has 130 valence electrons. The van der Waals surface area contributed by atoms with Crippen molar-refractivity contribution in [2.24, 2.45) is 5.14 Å². The fraction of sp³-hybridized carbons (Fsp3) is 0.211. The highest BCUT2D eigenvalue weighted by molar-refractivity contribution is 7.89. The molecule has 3 aromatic rings. The van der Waals surface area contributed by atoms with Crippen molar-refractivity contribution in [1.29, 1.82) is 0 Å². The summed E-state index contributed by atoms with van der Waals surface area (Å²) in [5.41, 5.74) is 5.26. The number of rotatable bonds is 5. The Kier molecular flexibility index (Phi) is 4.74. The molecule has 6 heteroatoms. The van der Waals surface area contributed by atoms with Crippen LogP contribution in [0.3, 0.4) is 0 Å². The van der Waals surface area contributed by atoms with E-state index in [2.05, 4.69) is 38.1 Å². The topological polar surface area (TPSA) is 78.0 Å². The third kappa shape index (κ3) is 3.81. The van der Waals surface area contributed by atoms with E-state index in [0.717, 1.165) is 35.3 Å². The van der Waals surface area contributed by atoms with Crippen molar-refractivity contribution in [1.82, 2.24) is 9.78 Å². The molecule has 1 aromatic heterocycles. The van der Waals surface area contributed by atoms with Gasteiger partial charge in [-0.2, -0.15) is 5.10 Å². The Bertz CT molecular complexity index is 973. The van der Waals surface area contributed by atoms with Crippen LogP contribution in [0.5, 0.6) is 0 Å². The van der Waals surface area contributed by atoms with Gasteiger partial charge in [-0.25, -0.2) is 18.2 Å². The van der Waals surface area contributed by atoms with Gasteiger partial charge in [0.25, 0.3) is 0 Å². The van der Waals surface area contributed by atoms with Crippen LogP contribution in [0.1, 0.15) is 24.6 Å². The number of aromatic nitrogens is 2. The molecule has 0 aliphatic heterocycles. The summed E-state index contributed by atoms with van der Waals surface area (Å²) in [5, 5.41) is 9.85. The van der Waals surface area contributed by atoms with Crippen LogP contribution >= 0.6 is 0 Å². The number of nitrogens with two attached hydrogens (primary N) is 1. The minimum atomic E-state index is -3.69. The highest BCUT2D eigenvalue weighted by Gasteiger charge is 2.13. The molecule has 0 aliphatic carbocycles. The minimum absolute atomic E-state index is 0.0935. The van der Waals surface area contributed by atoms with E-state index in [9.17, 15) is 8.42 Å². The quantitative estimate of drug-likeness (QED) is 0.761. The smallest absolute Gasteiger partial charge is 0.238 e. The fourth-order valence-electron chi connectivity index (χ4n) is 2.73. The van der Waals surface area contributed by atoms with Crippen LogP contribution in [0, 0.1) is 6.92 Å². The van der Waals surface area contributed by atoms with Crippen molar-refractivity contribution in [3.8, 4) is 16.8 Å². The molecule has 25 heavy (non-hydrogen) atoms. The van der Waals surface area contributed by atoms with E-state index in [0.29, 0.717) is 0 Å². The van der Waals surface area contributed by atoms with Crippen molar-refractivity contribution < 1.29 is 8.42 Å². The normalized spacial score (nSPS) is 11.6. The van der Waals surface area contributed by atoms with Gasteiger partial charge in [-0.15, -0.1) is 0 Å². The molecule has 0 spiro atoms. The van der Waals surface area contributed by atoms with E-state index in [1.807, 2.05) is 6.20 Å². The van der Waals surface area contributed by atoms with Crippen molar-refractivity contribution >= 4 is 10.0 Å². The average molecular weight is 355 g/mol. The largest absolute Gasteiger partial charge is 0.240 e. The van der Waals surface area contributed by atoms with Gasteiger partial charge in [-0.3, -0.25) is 0 Å². The van der Waals surface area contributed by atoms with Gasteiger partial charge >= 0.3 is 0 Å². The van der Waals surface area contributed by atoms with Gasteiger partial charge < -0.3 is 0 Å². The SMILES string of the molecule is CCCc1nn(-c2ccc(S(N)(=O)=O)cc2)cc1-c1ccc(C)cc1. The molecular formula is C19H21N3O2S. The first-order chi connectivity index (χ1) is 11.9. The number of benzene rings is 2. The summed E-state index contributed by atoms with van der Waals surface area (Å²) in [7, 11) is -3.69. The highest BCUT2D eigenvalue weighted by atomic mass is 32.2. The van der Waals surface area contributed by atoms with Crippen LogP contribution in [0.25, 0.3) is 16.8 Å². The minimum Gasteiger partial charge on any atom is -0.240 e. The van der Waals surface area contributed by atoms with Crippen molar-refractivity contribution in [2.45, 2.75) is 31.6 Å². The number of sulfonamides is 1. The predicted octanol–water partition coefficient (Wildman–Crippen LogP) is 3.45. The maximum absolute atomic E-state index is 11.4. The number of hydrogen-bond donors (Lipinski definition) is 1. The lowest BCUT2D eigenvalue weighted by Crippen LogP contribution is -2.12. The molecule has 5 nitrogen and oxygen atoms in total. The number of nitrogens with zero attached hydrogens (tertiary/aromatic N) is 2. The first-order valence-electron chi connectivity index (χ1n) is 8.17. The second-order valence-electron chi connectivity index (χ2n) is 6.09. The second kappa shape index (κ2) is 6.82. The van der Waals surface area contributed by atoms with Crippen LogP contribution < -0.4 is 5.14 Å². The predicted molar refractivity (Wildman–Crippen MR) is 99.1 cm³/mol. The van der Waals surface area contributed by atoms with Gasteiger partial charge in [0, 0.05) is 11.8 Å². The van der Waals surface area contributed by atoms with E-state index in [1.54, 1.807) is 16.8 Å². The van der Waals surface area contributed by atoms with Crippen LogP contribution in [-0.4, -0.2) is 18.2 Å². The molecule has 0 amide bonds. The van der Waals surface area contributed by atoms with Gasteiger partial charge in [-0.1, -0.05) is 43.2 Å². The van der Waals surface area contributed by atoms with Crippen LogP contribution in [0.4, 0.5) is 0 Å². The fourth-order valence-corrected chi connectivity index (χ4v) is 3.24. The summed E-state index contributed by atoms with van der Waals surface area (Å²) in [5.74, 6) is 0. The standard InChI is InChI=1S/C19H21N3O2S/c1-3-4-19-18(15-7-5-14(2)6-8-15)13-22(21-19)16-9-11-17(12-10-16)25(20,23)24/h5-13H,3-4H2,1-2H3,(H2,20,23,24). The van der Waals surface area contributed by atoms with E-state index in [-0.39, 0.29) is 4.90 Å². The first-order valence-corrected chi connectivity index (χ1v) is 9.72. The Balaban J connectivity index is 2.03. The maximum atomic E-state index is 11.4. The summed E-state index contributed by atoms with van der Waals surface area (Å²) in [4.78, 5) is 0.0935. The second-order valence-corrected chi connectivity index (χ2v) is 7.65. The molecule has 0 aliphatic rings. The lowest BCUT2D eigenvalue weighted by molar-refractivity contribution is 0.598. The van der Waals surface area contributed by atoms with Gasteiger partial charge in [0.15, 0.2) is 0 Å². The first kappa shape index (κ1) is 17.4. The lowest BCUT2D eigenvalue weighted by atomic mass is 10.0. The summed E-state index contributed by atoms with van der Waals surface area (Å²) in [6.07, 6.45) is 3.87. The zero-order valence-corrected chi connectivity index (χ0v) is 15.1. The van der Waals surface area contributed by atoms with Gasteiger partial charge in [0.1, 0.15) is 0 Å². The lowest BCUT2D eigenvalue weighted by Gasteiger charge is -2.03. The van der Waals surface area contributed by atoms with E-state index in [1.165, 1.54) is 17.7 Å². The van der Waals surface area contributed by atoms with Gasteiger partial charge in [-0.05, 0) is 43.2 Å². The molecule has 2 N–H and O–H groups in total. The maximum Gasteiger partial charge on any atom is 0.238 e. The summed E-state index contributed by atoms with van der Waals surface area (Å²) >= 11 is 0. The molecule has 0 unspecified atom stereocenters. The molecule has 1 heterocycles. The zero-order chi connectivity index (χ0) is 18.0. The Morgan fingerprint density at radius 3 is 2.24 bits per heavy atom. The van der Waals surface area contributed by atoms with Crippen LogP contribution in [0.2, 0.25) is 0 Å². The monoisotopic (exact) mass is 355 g/mol. The molecule has 0 radical (unpaired) electrons. The summed E-state index contributed by atoms with van der Waals surface area (Å²) in [6.45, 7) is 4.19. The Morgan fingerprint density at radius 2 is 1.68 bits per heavy atom. The van der Waals surface area contributed by atoms with E-state index in [4.69, 9.17) is 10.2 Å². The Hall–Kier alpha value is -2.44. The Labute approximate surface area is 148 Å². The van der Waals surface area contributed by atoms with Gasteiger partial charge in [0.2, 0.25) is 10.0 Å². The number of hydrogen-bond acceptors (Lipinski definition) is 3. The molecule has 0 fully saturated rings. The van der Waals surface area contributed by atoms with Gasteiger partial charge in [0.05, 0.1) is 16.3 Å². The molecular weight excluding hydrogens is 334 g/mol. The molecule has 0 bridgehead atoms. The molecule has 0 atom stereocenters. The molecule has 0 saturated heterocycles. The van der Waals surface area contributed by atoms with Crippen LogP contribution in [0.15, 0.2) is 59.6 Å². The van der Waals surface area contributed by atoms with Crippen molar-refractivity contribution in [2.75, 3.05) is 0 Å². The number of primary sulfonamides is 1. The zero-order valence-electron chi connectivity index (χ0n) is 14.3. The third-order valence-electron chi connectivity index (χ3n) is 4.07. The van der Waals surface area contributed by atoms with Crippen LogP contribution in [-0.2, 0) is 16.4 Å². The molecule has 2 aromatic carbocycles. The third-order valence-corrected chi connectivity index (χ3v) is 5.00. The number of aryl methyl sites for hydroxylation is 2. The van der Waals surface area contributed by atoms with Crippen molar-refractivity contribution in [3.05, 3.63) is 66.0 Å². The van der Waals surface area contributed by atoms with E-state index < -0.39 is 10.0 Å². The van der Waals surface area contributed by atoms with Crippen molar-refractivity contribution in [3.63, 3.8) is 0 Å². The Morgan fingerprint density at radius 1 is 1.04 bits per heavy atom. The molecule has 3 rings (SSSR count). The summed E-state index contributed by atoms with van der Waals surface area (Å²) in [6, 6.07) is 14.8. The van der Waals surface area contributed by atoms with E-state index >= 15 is 0 Å². The highest BCUT2D eigenvalue weighted by Crippen LogP contribution is 2.26. The molecule has 0 saturated carbocycles. The summed E-state index contributed by atoms with van der Waals surface area (Å²) < 4.78 is 24.6. The average Bonchev–Trinajstić information content (AvgIpc) is 2.99.